The first-order valence-electron chi connectivity index (χ1n) is 11.4. The largest absolute Gasteiger partial charge is 0.331 e. The van der Waals surface area contributed by atoms with Crippen LogP contribution in [0.4, 0.5) is 4.79 Å². The lowest BCUT2D eigenvalue weighted by Gasteiger charge is -2.29. The number of hydrogen-bond donors (Lipinski definition) is 2. The number of piperidine rings is 1. The van der Waals surface area contributed by atoms with Gasteiger partial charge in [0.05, 0.1) is 6.04 Å². The van der Waals surface area contributed by atoms with Crippen LogP contribution in [0.2, 0.25) is 0 Å². The number of carbonyl (C=O) groups excluding carboxylic acids is 4. The predicted molar refractivity (Wildman–Crippen MR) is 125 cm³/mol. The van der Waals surface area contributed by atoms with Crippen molar-refractivity contribution in [3.8, 4) is 0 Å². The van der Waals surface area contributed by atoms with Gasteiger partial charge < -0.3 is 15.1 Å². The third-order valence-corrected chi connectivity index (χ3v) is 6.77. The van der Waals surface area contributed by atoms with Crippen molar-refractivity contribution in [2.75, 3.05) is 7.05 Å². The van der Waals surface area contributed by atoms with E-state index in [9.17, 15) is 19.2 Å². The first-order chi connectivity index (χ1) is 16.4. The van der Waals surface area contributed by atoms with E-state index >= 15 is 0 Å². The molecule has 2 unspecified atom stereocenters. The molecule has 174 valence electrons. The molecule has 2 aromatic carbocycles. The second kappa shape index (κ2) is 8.78. The van der Waals surface area contributed by atoms with Gasteiger partial charge in [-0.3, -0.25) is 19.7 Å². The zero-order chi connectivity index (χ0) is 23.8. The van der Waals surface area contributed by atoms with Crippen LogP contribution < -0.4 is 10.6 Å². The molecule has 8 heteroatoms. The molecule has 1 fully saturated rings. The first-order valence-corrected chi connectivity index (χ1v) is 11.4. The van der Waals surface area contributed by atoms with E-state index in [2.05, 4.69) is 22.8 Å². The lowest BCUT2D eigenvalue weighted by Crippen LogP contribution is -2.52. The third kappa shape index (κ3) is 3.96. The van der Waals surface area contributed by atoms with Gasteiger partial charge >= 0.3 is 6.03 Å². The van der Waals surface area contributed by atoms with E-state index in [4.69, 9.17) is 0 Å². The van der Waals surface area contributed by atoms with E-state index in [1.165, 1.54) is 4.90 Å². The van der Waals surface area contributed by atoms with E-state index in [0.29, 0.717) is 18.5 Å². The summed E-state index contributed by atoms with van der Waals surface area (Å²) in [5, 5.41) is 5.44. The monoisotopic (exact) mass is 458 g/mol. The Morgan fingerprint density at radius 3 is 2.79 bits per heavy atom. The van der Waals surface area contributed by atoms with E-state index in [1.807, 2.05) is 30.3 Å². The molecule has 2 atom stereocenters. The van der Waals surface area contributed by atoms with Crippen molar-refractivity contribution in [3.05, 3.63) is 76.4 Å². The molecule has 0 spiro atoms. The highest BCUT2D eigenvalue weighted by Gasteiger charge is 2.39. The number of benzene rings is 2. The van der Waals surface area contributed by atoms with Crippen LogP contribution in [-0.2, 0) is 22.7 Å². The Balaban J connectivity index is 1.29. The molecule has 2 aromatic rings. The van der Waals surface area contributed by atoms with Crippen LogP contribution in [0.25, 0.3) is 6.08 Å². The molecule has 5 rings (SSSR count). The molecule has 2 aliphatic heterocycles. The Hall–Kier alpha value is -3.94. The number of nitrogens with zero attached hydrogens (tertiary/aromatic N) is 2. The summed E-state index contributed by atoms with van der Waals surface area (Å²) in [6.07, 6.45) is 5.39. The fraction of sp³-hybridized carbons (Fsp3) is 0.308. The topological polar surface area (TPSA) is 98.8 Å². The van der Waals surface area contributed by atoms with Gasteiger partial charge in [-0.25, -0.2) is 4.79 Å². The summed E-state index contributed by atoms with van der Waals surface area (Å²) in [5.41, 5.74) is 4.43. The smallest absolute Gasteiger partial charge is 0.317 e. The number of fused-ring (bicyclic) bond motifs is 2. The molecule has 1 saturated heterocycles. The van der Waals surface area contributed by atoms with Gasteiger partial charge in [-0.2, -0.15) is 0 Å². The maximum Gasteiger partial charge on any atom is 0.317 e. The molecule has 2 N–H and O–H groups in total. The lowest BCUT2D eigenvalue weighted by molar-refractivity contribution is -0.136. The van der Waals surface area contributed by atoms with Crippen molar-refractivity contribution in [1.29, 1.82) is 0 Å². The maximum absolute atomic E-state index is 13.0. The van der Waals surface area contributed by atoms with Crippen molar-refractivity contribution in [2.24, 2.45) is 0 Å². The van der Waals surface area contributed by atoms with Crippen LogP contribution in [0, 0.1) is 0 Å². The summed E-state index contributed by atoms with van der Waals surface area (Å²) in [6.45, 7) is 0.614. The van der Waals surface area contributed by atoms with E-state index < -0.39 is 11.9 Å². The summed E-state index contributed by atoms with van der Waals surface area (Å²) < 4.78 is 0. The Labute approximate surface area is 197 Å². The minimum Gasteiger partial charge on any atom is -0.331 e. The second-order valence-corrected chi connectivity index (χ2v) is 8.97. The number of amides is 5. The Bertz CT molecular complexity index is 1220. The van der Waals surface area contributed by atoms with Crippen LogP contribution in [0.5, 0.6) is 0 Å². The van der Waals surface area contributed by atoms with Gasteiger partial charge in [0.15, 0.2) is 0 Å². The van der Waals surface area contributed by atoms with Crippen molar-refractivity contribution < 1.29 is 19.2 Å². The molecule has 0 bridgehead atoms. The summed E-state index contributed by atoms with van der Waals surface area (Å²) in [6, 6.07) is 12.5. The number of imide groups is 1. The van der Waals surface area contributed by atoms with Crippen LogP contribution >= 0.6 is 0 Å². The summed E-state index contributed by atoms with van der Waals surface area (Å²) in [7, 11) is 1.73. The predicted octanol–water partition coefficient (Wildman–Crippen LogP) is 2.75. The highest BCUT2D eigenvalue weighted by molar-refractivity contribution is 6.05. The normalized spacial score (nSPS) is 21.1. The minimum atomic E-state index is -0.661. The number of urea groups is 1. The van der Waals surface area contributed by atoms with Crippen molar-refractivity contribution >= 4 is 29.8 Å². The van der Waals surface area contributed by atoms with Crippen LogP contribution in [0.3, 0.4) is 0 Å². The summed E-state index contributed by atoms with van der Waals surface area (Å²) >= 11 is 0. The van der Waals surface area contributed by atoms with Crippen molar-refractivity contribution in [1.82, 2.24) is 20.4 Å². The second-order valence-electron chi connectivity index (χ2n) is 8.97. The molecule has 0 aromatic heterocycles. The molecule has 5 amide bonds. The van der Waals surface area contributed by atoms with Gasteiger partial charge in [-0.15, -0.1) is 0 Å². The van der Waals surface area contributed by atoms with Crippen molar-refractivity contribution in [2.45, 2.75) is 44.4 Å². The third-order valence-electron chi connectivity index (χ3n) is 6.77. The Morgan fingerprint density at radius 2 is 1.97 bits per heavy atom. The van der Waals surface area contributed by atoms with Crippen LogP contribution in [0.1, 0.15) is 57.9 Å². The average molecular weight is 459 g/mol. The number of nitrogens with one attached hydrogen (secondary N) is 2. The highest BCUT2D eigenvalue weighted by Crippen LogP contribution is 2.31. The molecule has 0 radical (unpaired) electrons. The van der Waals surface area contributed by atoms with Gasteiger partial charge in [-0.1, -0.05) is 48.6 Å². The first kappa shape index (κ1) is 21.9. The zero-order valence-corrected chi connectivity index (χ0v) is 18.9. The highest BCUT2D eigenvalue weighted by atomic mass is 16.2. The minimum absolute atomic E-state index is 0.0952. The fourth-order valence-corrected chi connectivity index (χ4v) is 4.96. The Morgan fingerprint density at radius 1 is 1.15 bits per heavy atom. The van der Waals surface area contributed by atoms with Gasteiger partial charge in [0.2, 0.25) is 11.8 Å². The average Bonchev–Trinajstić information content (AvgIpc) is 3.16. The summed E-state index contributed by atoms with van der Waals surface area (Å²) in [5.74, 6) is -0.962. The molecule has 8 nitrogen and oxygen atoms in total. The molecule has 3 aliphatic rings. The Kier molecular flexibility index (Phi) is 5.65. The van der Waals surface area contributed by atoms with Gasteiger partial charge in [0.25, 0.3) is 5.91 Å². The quantitative estimate of drug-likeness (QED) is 0.689. The summed E-state index contributed by atoms with van der Waals surface area (Å²) in [4.78, 5) is 53.0. The van der Waals surface area contributed by atoms with Gasteiger partial charge in [0.1, 0.15) is 6.04 Å². The van der Waals surface area contributed by atoms with Gasteiger partial charge in [-0.05, 0) is 41.2 Å². The fourth-order valence-electron chi connectivity index (χ4n) is 4.96. The number of carbonyl (C=O) groups is 4. The van der Waals surface area contributed by atoms with Crippen LogP contribution in [-0.4, -0.2) is 46.6 Å². The van der Waals surface area contributed by atoms with E-state index in [0.717, 1.165) is 28.7 Å². The van der Waals surface area contributed by atoms with Crippen molar-refractivity contribution in [3.63, 3.8) is 0 Å². The maximum atomic E-state index is 13.0. The standard InChI is InChI=1S/C26H26N4O4/c1-29(26(34)27-21-11-5-7-16-6-2-3-9-18(16)21)14-17-8-4-10-19-20(17)15-30(25(19)33)22-12-13-23(31)28-24(22)32/h2-10,21-22H,11-15H2,1H3,(H,27,34)(H,28,31,32). The molecule has 0 saturated carbocycles. The van der Waals surface area contributed by atoms with E-state index in [-0.39, 0.29) is 36.9 Å². The number of hydrogen-bond acceptors (Lipinski definition) is 4. The zero-order valence-electron chi connectivity index (χ0n) is 18.9. The molecule has 1 aliphatic carbocycles. The van der Waals surface area contributed by atoms with Gasteiger partial charge in [0, 0.05) is 32.1 Å². The van der Waals surface area contributed by atoms with Crippen LogP contribution in [0.15, 0.2) is 48.5 Å². The lowest BCUT2D eigenvalue weighted by atomic mass is 9.93. The molecule has 2 heterocycles. The SMILES string of the molecule is CN(Cc1cccc2c1CN(C1CCC(=O)NC1=O)C2=O)C(=O)NC1CC=Cc2ccccc21. The molecule has 34 heavy (non-hydrogen) atoms. The molecular weight excluding hydrogens is 432 g/mol. The molecular formula is C26H26N4O4. The number of rotatable bonds is 4. The van der Waals surface area contributed by atoms with E-state index in [1.54, 1.807) is 24.1 Å².